The molecule has 10 heavy (non-hydrogen) atoms. The Morgan fingerprint density at radius 3 is 2.40 bits per heavy atom. The highest BCUT2D eigenvalue weighted by Crippen LogP contribution is 2.22. The third-order valence-electron chi connectivity index (χ3n) is 1.47. The molecule has 1 fully saturated rings. The van der Waals surface area contributed by atoms with Crippen molar-refractivity contribution in [2.24, 2.45) is 0 Å². The second-order valence-corrected chi connectivity index (χ2v) is 2.12. The Labute approximate surface area is 58.7 Å². The number of aliphatic hydroxyl groups is 2. The number of hydrogen-bond donors (Lipinski definition) is 2. The van der Waals surface area contributed by atoms with Crippen LogP contribution in [0, 0.1) is 0 Å². The summed E-state index contributed by atoms with van der Waals surface area (Å²) in [7, 11) is 1.39. The van der Waals surface area contributed by atoms with Crippen LogP contribution in [0.2, 0.25) is 0 Å². The van der Waals surface area contributed by atoms with Gasteiger partial charge in [-0.05, 0) is 0 Å². The highest BCUT2D eigenvalue weighted by molar-refractivity contribution is 5.03. The number of aliphatic hydroxyl groups excluding tert-OH is 2. The van der Waals surface area contributed by atoms with Gasteiger partial charge in [-0.2, -0.15) is 0 Å². The summed E-state index contributed by atoms with van der Waals surface area (Å²) < 4.78 is 9.38. The lowest BCUT2D eigenvalue weighted by molar-refractivity contribution is -0.117. The Morgan fingerprint density at radius 1 is 1.60 bits per heavy atom. The van der Waals surface area contributed by atoms with E-state index < -0.39 is 18.5 Å². The quantitative estimate of drug-likeness (QED) is 0.509. The molecule has 2 N–H and O–H groups in total. The van der Waals surface area contributed by atoms with Gasteiger partial charge in [0.1, 0.15) is 11.9 Å². The topological polar surface area (TPSA) is 58.9 Å². The van der Waals surface area contributed by atoms with Gasteiger partial charge in [0.05, 0.1) is 0 Å². The maximum atomic E-state index is 9.12. The van der Waals surface area contributed by atoms with Gasteiger partial charge >= 0.3 is 0 Å². The van der Waals surface area contributed by atoms with E-state index in [1.54, 1.807) is 0 Å². The summed E-state index contributed by atoms with van der Waals surface area (Å²) in [4.78, 5) is 0. The number of rotatable bonds is 1. The minimum absolute atomic E-state index is 0.152. The molecule has 0 amide bonds. The van der Waals surface area contributed by atoms with Crippen molar-refractivity contribution >= 4 is 0 Å². The van der Waals surface area contributed by atoms with E-state index in [1.165, 1.54) is 7.11 Å². The summed E-state index contributed by atoms with van der Waals surface area (Å²) in [6.07, 6.45) is -2.71. The van der Waals surface area contributed by atoms with E-state index in [0.29, 0.717) is 0 Å². The maximum absolute atomic E-state index is 9.12. The standard InChI is InChI=1S/C6H10O4/c1-3-4(7)5(9-2)6(8)10-3/h4-8H,1H2,2H3/t4-,5-,6?/m1/s1. The van der Waals surface area contributed by atoms with Crippen molar-refractivity contribution in [3.8, 4) is 0 Å². The van der Waals surface area contributed by atoms with E-state index >= 15 is 0 Å². The second-order valence-electron chi connectivity index (χ2n) is 2.12. The molecular weight excluding hydrogens is 136 g/mol. The largest absolute Gasteiger partial charge is 0.464 e. The molecule has 0 bridgehead atoms. The first kappa shape index (κ1) is 7.53. The average Bonchev–Trinajstić information content (AvgIpc) is 2.09. The lowest BCUT2D eigenvalue weighted by atomic mass is 10.2. The van der Waals surface area contributed by atoms with Crippen LogP contribution in [0.1, 0.15) is 0 Å². The van der Waals surface area contributed by atoms with Gasteiger partial charge < -0.3 is 19.7 Å². The van der Waals surface area contributed by atoms with Gasteiger partial charge in [-0.15, -0.1) is 0 Å². The van der Waals surface area contributed by atoms with Crippen molar-refractivity contribution in [2.45, 2.75) is 18.5 Å². The van der Waals surface area contributed by atoms with Crippen LogP contribution in [0.5, 0.6) is 0 Å². The molecule has 0 aromatic heterocycles. The molecule has 1 rings (SSSR count). The van der Waals surface area contributed by atoms with Crippen LogP contribution < -0.4 is 0 Å². The summed E-state index contributed by atoms with van der Waals surface area (Å²) >= 11 is 0. The lowest BCUT2D eigenvalue weighted by Crippen LogP contribution is -2.31. The van der Waals surface area contributed by atoms with Crippen LogP contribution in [0.3, 0.4) is 0 Å². The smallest absolute Gasteiger partial charge is 0.226 e. The first-order valence-corrected chi connectivity index (χ1v) is 2.91. The molecule has 4 nitrogen and oxygen atoms in total. The predicted octanol–water partition coefficient (Wildman–Crippen LogP) is -0.775. The predicted molar refractivity (Wildman–Crippen MR) is 33.0 cm³/mol. The highest BCUT2D eigenvalue weighted by atomic mass is 16.7. The molecule has 1 unspecified atom stereocenters. The van der Waals surface area contributed by atoms with Crippen molar-refractivity contribution in [3.63, 3.8) is 0 Å². The normalized spacial score (nSPS) is 39.9. The zero-order valence-corrected chi connectivity index (χ0v) is 5.65. The fraction of sp³-hybridized carbons (Fsp3) is 0.667. The number of ether oxygens (including phenoxy) is 2. The molecule has 0 radical (unpaired) electrons. The van der Waals surface area contributed by atoms with Crippen LogP contribution in [0.4, 0.5) is 0 Å². The van der Waals surface area contributed by atoms with Gasteiger partial charge in [-0.1, -0.05) is 6.58 Å². The lowest BCUT2D eigenvalue weighted by Gasteiger charge is -2.11. The molecule has 1 heterocycles. The Bertz CT molecular complexity index is 145. The van der Waals surface area contributed by atoms with Gasteiger partial charge in [0.15, 0.2) is 6.10 Å². The van der Waals surface area contributed by atoms with E-state index in [2.05, 4.69) is 11.3 Å². The van der Waals surface area contributed by atoms with Crippen molar-refractivity contribution in [3.05, 3.63) is 12.3 Å². The van der Waals surface area contributed by atoms with Gasteiger partial charge in [-0.25, -0.2) is 0 Å². The Morgan fingerprint density at radius 2 is 2.20 bits per heavy atom. The summed E-state index contributed by atoms with van der Waals surface area (Å²) in [5.74, 6) is 0.152. The van der Waals surface area contributed by atoms with Gasteiger partial charge in [-0.3, -0.25) is 0 Å². The minimum atomic E-state index is -1.09. The summed E-state index contributed by atoms with van der Waals surface area (Å²) in [6.45, 7) is 3.37. The van der Waals surface area contributed by atoms with E-state index in [4.69, 9.17) is 14.9 Å². The zero-order valence-electron chi connectivity index (χ0n) is 5.65. The Hall–Kier alpha value is -0.580. The fourth-order valence-corrected chi connectivity index (χ4v) is 0.876. The van der Waals surface area contributed by atoms with Crippen LogP contribution in [-0.4, -0.2) is 35.8 Å². The minimum Gasteiger partial charge on any atom is -0.464 e. The van der Waals surface area contributed by atoms with Crippen LogP contribution in [0.25, 0.3) is 0 Å². The molecule has 1 aliphatic heterocycles. The molecule has 0 aliphatic carbocycles. The molecule has 1 aliphatic rings. The average molecular weight is 146 g/mol. The molecular formula is C6H10O4. The molecule has 0 aromatic rings. The molecule has 1 saturated heterocycles. The van der Waals surface area contributed by atoms with Gasteiger partial charge in [0.2, 0.25) is 6.29 Å². The molecule has 3 atom stereocenters. The fourth-order valence-electron chi connectivity index (χ4n) is 0.876. The monoisotopic (exact) mass is 146 g/mol. The summed E-state index contributed by atoms with van der Waals surface area (Å²) in [5.41, 5.74) is 0. The number of methoxy groups -OCH3 is 1. The maximum Gasteiger partial charge on any atom is 0.226 e. The van der Waals surface area contributed by atoms with Gasteiger partial charge in [0.25, 0.3) is 0 Å². The highest BCUT2D eigenvalue weighted by Gasteiger charge is 2.38. The summed E-state index contributed by atoms with van der Waals surface area (Å²) in [6, 6.07) is 0. The van der Waals surface area contributed by atoms with E-state index in [-0.39, 0.29) is 5.76 Å². The Kier molecular flexibility index (Phi) is 1.94. The molecule has 0 spiro atoms. The van der Waals surface area contributed by atoms with Crippen LogP contribution in [0.15, 0.2) is 12.3 Å². The zero-order chi connectivity index (χ0) is 7.72. The van der Waals surface area contributed by atoms with Crippen LogP contribution >= 0.6 is 0 Å². The first-order chi connectivity index (χ1) is 4.66. The van der Waals surface area contributed by atoms with E-state index in [0.717, 1.165) is 0 Å². The number of hydrogen-bond acceptors (Lipinski definition) is 4. The second kappa shape index (κ2) is 2.57. The SMILES string of the molecule is C=C1OC(O)[C@H](OC)[C@@H]1O. The molecule has 0 saturated carbocycles. The molecule has 58 valence electrons. The van der Waals surface area contributed by atoms with E-state index in [9.17, 15) is 0 Å². The first-order valence-electron chi connectivity index (χ1n) is 2.91. The Balaban J connectivity index is 2.64. The van der Waals surface area contributed by atoms with Gasteiger partial charge in [0, 0.05) is 7.11 Å². The summed E-state index contributed by atoms with van der Waals surface area (Å²) in [5, 5.41) is 18.1. The van der Waals surface area contributed by atoms with Crippen LogP contribution in [-0.2, 0) is 9.47 Å². The van der Waals surface area contributed by atoms with Crippen molar-refractivity contribution in [2.75, 3.05) is 7.11 Å². The molecule has 4 heteroatoms. The van der Waals surface area contributed by atoms with Crippen molar-refractivity contribution < 1.29 is 19.7 Å². The van der Waals surface area contributed by atoms with Crippen molar-refractivity contribution in [1.82, 2.24) is 0 Å². The third-order valence-corrected chi connectivity index (χ3v) is 1.47. The third kappa shape index (κ3) is 1.01. The molecule has 0 aromatic carbocycles. The van der Waals surface area contributed by atoms with Crippen molar-refractivity contribution in [1.29, 1.82) is 0 Å². The van der Waals surface area contributed by atoms with E-state index in [1.807, 2.05) is 0 Å².